The highest BCUT2D eigenvalue weighted by Gasteiger charge is 2.45. The van der Waals surface area contributed by atoms with Crippen molar-refractivity contribution in [1.29, 1.82) is 0 Å². The SMILES string of the molecule is COC(=O)C(C)C(C)(C(=O)OC)c1ccc(C)cc1. The van der Waals surface area contributed by atoms with Gasteiger partial charge in [0.1, 0.15) is 5.41 Å². The zero-order valence-corrected chi connectivity index (χ0v) is 12.0. The molecule has 0 amide bonds. The molecule has 2 unspecified atom stereocenters. The Hall–Kier alpha value is -1.84. The summed E-state index contributed by atoms with van der Waals surface area (Å²) in [6.45, 7) is 5.33. The molecule has 104 valence electrons. The van der Waals surface area contributed by atoms with Gasteiger partial charge in [0.05, 0.1) is 20.1 Å². The molecule has 0 aliphatic carbocycles. The first-order valence-corrected chi connectivity index (χ1v) is 6.11. The van der Waals surface area contributed by atoms with Gasteiger partial charge in [0.2, 0.25) is 0 Å². The van der Waals surface area contributed by atoms with Crippen LogP contribution in [0.25, 0.3) is 0 Å². The molecule has 0 aromatic heterocycles. The molecule has 0 saturated carbocycles. The third-order valence-corrected chi connectivity index (χ3v) is 3.68. The van der Waals surface area contributed by atoms with Crippen LogP contribution in [0.3, 0.4) is 0 Å². The van der Waals surface area contributed by atoms with Crippen molar-refractivity contribution in [2.45, 2.75) is 26.2 Å². The minimum absolute atomic E-state index is 0.437. The van der Waals surface area contributed by atoms with Gasteiger partial charge >= 0.3 is 11.9 Å². The molecule has 0 aliphatic rings. The van der Waals surface area contributed by atoms with Gasteiger partial charge in [-0.25, -0.2) is 0 Å². The van der Waals surface area contributed by atoms with Gasteiger partial charge < -0.3 is 9.47 Å². The van der Waals surface area contributed by atoms with Crippen molar-refractivity contribution in [2.75, 3.05) is 14.2 Å². The standard InChI is InChI=1S/C15H20O4/c1-10-6-8-12(9-7-10)15(3,14(17)19-5)11(2)13(16)18-4/h6-9,11H,1-5H3. The maximum Gasteiger partial charge on any atom is 0.316 e. The molecule has 0 saturated heterocycles. The van der Waals surface area contributed by atoms with Crippen molar-refractivity contribution in [3.63, 3.8) is 0 Å². The van der Waals surface area contributed by atoms with E-state index in [0.29, 0.717) is 0 Å². The van der Waals surface area contributed by atoms with Crippen LogP contribution in [-0.4, -0.2) is 26.2 Å². The molecule has 19 heavy (non-hydrogen) atoms. The van der Waals surface area contributed by atoms with E-state index < -0.39 is 23.3 Å². The topological polar surface area (TPSA) is 52.6 Å². The van der Waals surface area contributed by atoms with Gasteiger partial charge in [-0.2, -0.15) is 0 Å². The molecular weight excluding hydrogens is 244 g/mol. The first-order chi connectivity index (χ1) is 8.87. The van der Waals surface area contributed by atoms with Crippen molar-refractivity contribution < 1.29 is 19.1 Å². The summed E-state index contributed by atoms with van der Waals surface area (Å²) in [5, 5.41) is 0. The number of hydrogen-bond acceptors (Lipinski definition) is 4. The summed E-state index contributed by atoms with van der Waals surface area (Å²) in [5.74, 6) is -1.52. The highest BCUT2D eigenvalue weighted by atomic mass is 16.5. The van der Waals surface area contributed by atoms with Crippen LogP contribution in [0.1, 0.15) is 25.0 Å². The van der Waals surface area contributed by atoms with E-state index in [1.165, 1.54) is 14.2 Å². The quantitative estimate of drug-likeness (QED) is 0.783. The van der Waals surface area contributed by atoms with E-state index in [1.807, 2.05) is 31.2 Å². The van der Waals surface area contributed by atoms with Crippen molar-refractivity contribution in [1.82, 2.24) is 0 Å². The number of methoxy groups -OCH3 is 2. The van der Waals surface area contributed by atoms with Gasteiger partial charge in [-0.3, -0.25) is 9.59 Å². The van der Waals surface area contributed by atoms with Crippen LogP contribution in [0.5, 0.6) is 0 Å². The fourth-order valence-electron chi connectivity index (χ4n) is 2.07. The average Bonchev–Trinajstić information content (AvgIpc) is 2.44. The summed E-state index contributed by atoms with van der Waals surface area (Å²) in [6.07, 6.45) is 0. The third-order valence-electron chi connectivity index (χ3n) is 3.68. The number of carbonyl (C=O) groups excluding carboxylic acids is 2. The second kappa shape index (κ2) is 5.87. The molecule has 0 radical (unpaired) electrons. The Morgan fingerprint density at radius 3 is 2.05 bits per heavy atom. The van der Waals surface area contributed by atoms with Crippen LogP contribution in [-0.2, 0) is 24.5 Å². The van der Waals surface area contributed by atoms with Crippen LogP contribution >= 0.6 is 0 Å². The Morgan fingerprint density at radius 1 is 1.11 bits per heavy atom. The Morgan fingerprint density at radius 2 is 1.63 bits per heavy atom. The van der Waals surface area contributed by atoms with Crippen molar-refractivity contribution in [3.8, 4) is 0 Å². The number of hydrogen-bond donors (Lipinski definition) is 0. The summed E-state index contributed by atoms with van der Waals surface area (Å²) in [7, 11) is 2.63. The molecule has 1 aromatic carbocycles. The Labute approximate surface area is 113 Å². The van der Waals surface area contributed by atoms with Gasteiger partial charge in [0.15, 0.2) is 0 Å². The minimum atomic E-state index is -1.06. The van der Waals surface area contributed by atoms with Crippen LogP contribution in [0, 0.1) is 12.8 Å². The first kappa shape index (κ1) is 15.2. The second-order valence-electron chi connectivity index (χ2n) is 4.80. The maximum atomic E-state index is 12.2. The number of rotatable bonds is 4. The summed E-state index contributed by atoms with van der Waals surface area (Å²) in [4.78, 5) is 23.9. The van der Waals surface area contributed by atoms with E-state index in [0.717, 1.165) is 11.1 Å². The lowest BCUT2D eigenvalue weighted by atomic mass is 9.72. The summed E-state index contributed by atoms with van der Waals surface area (Å²) < 4.78 is 9.62. The van der Waals surface area contributed by atoms with Gasteiger partial charge in [-0.1, -0.05) is 36.8 Å². The largest absolute Gasteiger partial charge is 0.469 e. The number of ether oxygens (including phenoxy) is 2. The highest BCUT2D eigenvalue weighted by Crippen LogP contribution is 2.34. The molecule has 4 heteroatoms. The van der Waals surface area contributed by atoms with Crippen molar-refractivity contribution in [3.05, 3.63) is 35.4 Å². The smallest absolute Gasteiger partial charge is 0.316 e. The van der Waals surface area contributed by atoms with Crippen LogP contribution < -0.4 is 0 Å². The number of carbonyl (C=O) groups is 2. The fraction of sp³-hybridized carbons (Fsp3) is 0.467. The molecule has 4 nitrogen and oxygen atoms in total. The molecule has 0 aliphatic heterocycles. The van der Waals surface area contributed by atoms with Gasteiger partial charge in [-0.15, -0.1) is 0 Å². The zero-order valence-electron chi connectivity index (χ0n) is 12.0. The van der Waals surface area contributed by atoms with Gasteiger partial charge in [0, 0.05) is 0 Å². The lowest BCUT2D eigenvalue weighted by molar-refractivity contribution is -0.158. The average molecular weight is 264 g/mol. The monoisotopic (exact) mass is 264 g/mol. The lowest BCUT2D eigenvalue weighted by Crippen LogP contribution is -2.44. The Kier molecular flexibility index (Phi) is 4.70. The molecule has 0 bridgehead atoms. The van der Waals surface area contributed by atoms with Gasteiger partial charge in [0.25, 0.3) is 0 Å². The predicted octanol–water partition coefficient (Wildman–Crippen LogP) is 2.23. The highest BCUT2D eigenvalue weighted by molar-refractivity contribution is 5.89. The van der Waals surface area contributed by atoms with E-state index in [-0.39, 0.29) is 0 Å². The minimum Gasteiger partial charge on any atom is -0.469 e. The van der Waals surface area contributed by atoms with E-state index in [1.54, 1.807) is 13.8 Å². The molecule has 1 aromatic rings. The normalized spacial score (nSPS) is 15.2. The predicted molar refractivity (Wildman–Crippen MR) is 71.7 cm³/mol. The van der Waals surface area contributed by atoms with Gasteiger partial charge in [-0.05, 0) is 19.4 Å². The number of esters is 2. The fourth-order valence-corrected chi connectivity index (χ4v) is 2.07. The number of benzene rings is 1. The van der Waals surface area contributed by atoms with Crippen LogP contribution in [0.4, 0.5) is 0 Å². The molecule has 1 rings (SSSR count). The van der Waals surface area contributed by atoms with E-state index in [9.17, 15) is 9.59 Å². The molecule has 2 atom stereocenters. The maximum absolute atomic E-state index is 12.2. The van der Waals surface area contributed by atoms with Crippen LogP contribution in [0.2, 0.25) is 0 Å². The lowest BCUT2D eigenvalue weighted by Gasteiger charge is -2.31. The summed E-state index contributed by atoms with van der Waals surface area (Å²) in [6, 6.07) is 7.48. The molecule has 0 N–H and O–H groups in total. The van der Waals surface area contributed by atoms with Crippen molar-refractivity contribution in [2.24, 2.45) is 5.92 Å². The second-order valence-corrected chi connectivity index (χ2v) is 4.80. The van der Waals surface area contributed by atoms with E-state index >= 15 is 0 Å². The number of aryl methyl sites for hydroxylation is 1. The molecular formula is C15H20O4. The zero-order chi connectivity index (χ0) is 14.6. The van der Waals surface area contributed by atoms with E-state index in [4.69, 9.17) is 9.47 Å². The first-order valence-electron chi connectivity index (χ1n) is 6.11. The summed E-state index contributed by atoms with van der Waals surface area (Å²) in [5.41, 5.74) is 0.764. The molecule has 0 spiro atoms. The van der Waals surface area contributed by atoms with Crippen molar-refractivity contribution >= 4 is 11.9 Å². The van der Waals surface area contributed by atoms with Crippen LogP contribution in [0.15, 0.2) is 24.3 Å². The Bertz CT molecular complexity index is 464. The third kappa shape index (κ3) is 2.78. The van der Waals surface area contributed by atoms with E-state index in [2.05, 4.69) is 0 Å². The summed E-state index contributed by atoms with van der Waals surface area (Å²) >= 11 is 0. The molecule has 0 fully saturated rings. The Balaban J connectivity index is 3.31. The molecule has 0 heterocycles.